The number of pyridine rings is 1. The lowest BCUT2D eigenvalue weighted by Crippen LogP contribution is -2.09. The summed E-state index contributed by atoms with van der Waals surface area (Å²) in [5.41, 5.74) is 6.90. The van der Waals surface area contributed by atoms with E-state index in [0.717, 1.165) is 10.5 Å². The molecule has 0 aliphatic heterocycles. The van der Waals surface area contributed by atoms with Crippen LogP contribution in [0, 0.1) is 0 Å². The Balaban J connectivity index is 2.23. The van der Waals surface area contributed by atoms with E-state index in [1.165, 1.54) is 0 Å². The number of benzene rings is 1. The Hall–Kier alpha value is -0.740. The number of hydrogen-bond donors (Lipinski definition) is 1. The number of hydrogen-bond acceptors (Lipinski definition) is 3. The van der Waals surface area contributed by atoms with Gasteiger partial charge in [0, 0.05) is 34.1 Å². The van der Waals surface area contributed by atoms with Crippen LogP contribution in [-0.2, 0) is 0 Å². The zero-order chi connectivity index (χ0) is 13.0. The molecule has 0 aliphatic carbocycles. The molecule has 1 unspecified atom stereocenters. The Morgan fingerprint density at radius 1 is 1.28 bits per heavy atom. The van der Waals surface area contributed by atoms with Crippen LogP contribution in [0.25, 0.3) is 0 Å². The second-order valence-corrected chi connectivity index (χ2v) is 5.79. The van der Waals surface area contributed by atoms with Gasteiger partial charge in [-0.2, -0.15) is 0 Å². The second kappa shape index (κ2) is 6.43. The largest absolute Gasteiger partial charge is 0.329 e. The molecule has 0 spiro atoms. The number of aromatic nitrogens is 1. The van der Waals surface area contributed by atoms with E-state index in [0.29, 0.717) is 16.6 Å². The van der Waals surface area contributed by atoms with Gasteiger partial charge in [-0.15, -0.1) is 11.8 Å². The maximum absolute atomic E-state index is 6.15. The number of halogens is 2. The quantitative estimate of drug-likeness (QED) is 0.861. The zero-order valence-corrected chi connectivity index (χ0v) is 11.8. The van der Waals surface area contributed by atoms with E-state index in [-0.39, 0.29) is 5.25 Å². The molecule has 2 aromatic rings. The molecule has 2 nitrogen and oxygen atoms in total. The normalized spacial score (nSPS) is 12.4. The van der Waals surface area contributed by atoms with Crippen LogP contribution < -0.4 is 5.73 Å². The van der Waals surface area contributed by atoms with E-state index in [1.807, 2.05) is 24.4 Å². The first kappa shape index (κ1) is 13.7. The van der Waals surface area contributed by atoms with Gasteiger partial charge >= 0.3 is 0 Å². The fourth-order valence-electron chi connectivity index (χ4n) is 1.54. The topological polar surface area (TPSA) is 38.9 Å². The molecule has 2 rings (SSSR count). The van der Waals surface area contributed by atoms with Crippen molar-refractivity contribution in [1.82, 2.24) is 4.98 Å². The first-order valence-corrected chi connectivity index (χ1v) is 7.06. The molecule has 0 fully saturated rings. The third-order valence-corrected chi connectivity index (χ3v) is 4.45. The monoisotopic (exact) mass is 298 g/mol. The maximum Gasteiger partial charge on any atom is 0.0543 e. The predicted octanol–water partition coefficient (Wildman–Crippen LogP) is 4.18. The van der Waals surface area contributed by atoms with Gasteiger partial charge in [-0.05, 0) is 29.8 Å². The molecule has 18 heavy (non-hydrogen) atoms. The molecule has 0 radical (unpaired) electrons. The van der Waals surface area contributed by atoms with Crippen LogP contribution in [-0.4, -0.2) is 11.5 Å². The Morgan fingerprint density at radius 2 is 2.11 bits per heavy atom. The highest BCUT2D eigenvalue weighted by molar-refractivity contribution is 7.99. The van der Waals surface area contributed by atoms with Crippen molar-refractivity contribution in [3.63, 3.8) is 0 Å². The lowest BCUT2D eigenvalue weighted by Gasteiger charge is -2.15. The summed E-state index contributed by atoms with van der Waals surface area (Å²) in [7, 11) is 0. The molecule has 1 heterocycles. The lowest BCUT2D eigenvalue weighted by atomic mass is 10.2. The summed E-state index contributed by atoms with van der Waals surface area (Å²) in [6.45, 7) is 0.513. The van der Waals surface area contributed by atoms with Crippen LogP contribution in [0.4, 0.5) is 0 Å². The zero-order valence-electron chi connectivity index (χ0n) is 9.51. The van der Waals surface area contributed by atoms with Gasteiger partial charge in [-0.3, -0.25) is 4.98 Å². The van der Waals surface area contributed by atoms with Crippen LogP contribution in [0.3, 0.4) is 0 Å². The predicted molar refractivity (Wildman–Crippen MR) is 78.4 cm³/mol. The summed E-state index contributed by atoms with van der Waals surface area (Å²) in [5.74, 6) is 0. The summed E-state index contributed by atoms with van der Waals surface area (Å²) in [6, 6.07) is 9.33. The smallest absolute Gasteiger partial charge is 0.0543 e. The van der Waals surface area contributed by atoms with Crippen LogP contribution in [0.2, 0.25) is 10.0 Å². The van der Waals surface area contributed by atoms with Gasteiger partial charge in [0.05, 0.1) is 5.02 Å². The van der Waals surface area contributed by atoms with Crippen molar-refractivity contribution >= 4 is 35.0 Å². The van der Waals surface area contributed by atoms with Crippen molar-refractivity contribution in [1.29, 1.82) is 0 Å². The average Bonchev–Trinajstić information content (AvgIpc) is 2.41. The Labute approximate surface area is 121 Å². The van der Waals surface area contributed by atoms with Gasteiger partial charge in [0.25, 0.3) is 0 Å². The minimum absolute atomic E-state index is 0.120. The molecule has 2 N–H and O–H groups in total. The molecular formula is C13H12Cl2N2S. The van der Waals surface area contributed by atoms with Gasteiger partial charge in [-0.1, -0.05) is 29.3 Å². The standard InChI is InChI=1S/C13H12Cl2N2S/c14-10-3-4-11(15)12(6-10)18-13(7-16)9-2-1-5-17-8-9/h1-6,8,13H,7,16H2. The summed E-state index contributed by atoms with van der Waals surface area (Å²) in [6.07, 6.45) is 3.57. The Morgan fingerprint density at radius 3 is 2.78 bits per heavy atom. The highest BCUT2D eigenvalue weighted by Gasteiger charge is 2.13. The molecule has 1 aromatic heterocycles. The van der Waals surface area contributed by atoms with E-state index in [1.54, 1.807) is 30.1 Å². The van der Waals surface area contributed by atoms with E-state index in [9.17, 15) is 0 Å². The van der Waals surface area contributed by atoms with Crippen molar-refractivity contribution in [2.75, 3.05) is 6.54 Å². The molecule has 94 valence electrons. The number of thioether (sulfide) groups is 1. The fourth-order valence-corrected chi connectivity index (χ4v) is 3.08. The van der Waals surface area contributed by atoms with E-state index < -0.39 is 0 Å². The molecule has 0 aliphatic rings. The van der Waals surface area contributed by atoms with E-state index in [4.69, 9.17) is 28.9 Å². The van der Waals surface area contributed by atoms with Crippen LogP contribution in [0.1, 0.15) is 10.8 Å². The van der Waals surface area contributed by atoms with Crippen molar-refractivity contribution in [2.45, 2.75) is 10.1 Å². The molecule has 5 heteroatoms. The van der Waals surface area contributed by atoms with E-state index in [2.05, 4.69) is 4.98 Å². The summed E-state index contributed by atoms with van der Waals surface area (Å²) < 4.78 is 0. The first-order valence-electron chi connectivity index (χ1n) is 5.42. The van der Waals surface area contributed by atoms with Crippen LogP contribution >= 0.6 is 35.0 Å². The highest BCUT2D eigenvalue weighted by atomic mass is 35.5. The summed E-state index contributed by atoms with van der Waals surface area (Å²) in [4.78, 5) is 5.04. The van der Waals surface area contributed by atoms with E-state index >= 15 is 0 Å². The Bertz CT molecular complexity index is 520. The second-order valence-electron chi connectivity index (χ2n) is 3.70. The highest BCUT2D eigenvalue weighted by Crippen LogP contribution is 2.39. The molecule has 1 atom stereocenters. The molecule has 0 amide bonds. The van der Waals surface area contributed by atoms with Crippen LogP contribution in [0.5, 0.6) is 0 Å². The molecule has 0 saturated heterocycles. The maximum atomic E-state index is 6.15. The average molecular weight is 299 g/mol. The third-order valence-electron chi connectivity index (χ3n) is 2.43. The fraction of sp³-hybridized carbons (Fsp3) is 0.154. The minimum atomic E-state index is 0.120. The number of rotatable bonds is 4. The van der Waals surface area contributed by atoms with Gasteiger partial charge in [-0.25, -0.2) is 0 Å². The number of nitrogens with two attached hydrogens (primary N) is 1. The SMILES string of the molecule is NCC(Sc1cc(Cl)ccc1Cl)c1cccnc1. The van der Waals surface area contributed by atoms with Gasteiger partial charge in [0.1, 0.15) is 0 Å². The third kappa shape index (κ3) is 3.39. The van der Waals surface area contributed by atoms with Crippen molar-refractivity contribution in [3.05, 3.63) is 58.3 Å². The van der Waals surface area contributed by atoms with Crippen molar-refractivity contribution in [2.24, 2.45) is 5.73 Å². The summed E-state index contributed by atoms with van der Waals surface area (Å²) >= 11 is 13.7. The first-order chi connectivity index (χ1) is 8.70. The van der Waals surface area contributed by atoms with Crippen LogP contribution in [0.15, 0.2) is 47.6 Å². The van der Waals surface area contributed by atoms with Gasteiger partial charge in [0.2, 0.25) is 0 Å². The molecule has 0 saturated carbocycles. The molecule has 0 bridgehead atoms. The lowest BCUT2D eigenvalue weighted by molar-refractivity contribution is 0.932. The Kier molecular flexibility index (Phi) is 4.89. The van der Waals surface area contributed by atoms with Gasteiger partial charge in [0.15, 0.2) is 0 Å². The van der Waals surface area contributed by atoms with Crippen molar-refractivity contribution in [3.8, 4) is 0 Å². The minimum Gasteiger partial charge on any atom is -0.329 e. The van der Waals surface area contributed by atoms with Gasteiger partial charge < -0.3 is 5.73 Å². The summed E-state index contributed by atoms with van der Waals surface area (Å²) in [5, 5.41) is 1.48. The molecular weight excluding hydrogens is 287 g/mol. The molecule has 1 aromatic carbocycles. The number of nitrogens with zero attached hydrogens (tertiary/aromatic N) is 1. The van der Waals surface area contributed by atoms with Crippen molar-refractivity contribution < 1.29 is 0 Å².